The van der Waals surface area contributed by atoms with Crippen molar-refractivity contribution in [3.8, 4) is 22.8 Å². The summed E-state index contributed by atoms with van der Waals surface area (Å²) in [5.41, 5.74) is 1.63. The molecule has 0 aliphatic rings. The Bertz CT molecular complexity index is 750. The maximum absolute atomic E-state index is 12.2. The van der Waals surface area contributed by atoms with E-state index in [-0.39, 0.29) is 18.3 Å². The number of hydrogen-bond donors (Lipinski definition) is 0. The third-order valence-corrected chi connectivity index (χ3v) is 5.40. The van der Waals surface area contributed by atoms with Gasteiger partial charge in [-0.05, 0) is 44.3 Å². The quantitative estimate of drug-likeness (QED) is 0.564. The second-order valence-corrected chi connectivity index (χ2v) is 6.97. The van der Waals surface area contributed by atoms with Gasteiger partial charge < -0.3 is 14.4 Å². The van der Waals surface area contributed by atoms with Crippen molar-refractivity contribution >= 4 is 34.8 Å². The van der Waals surface area contributed by atoms with Gasteiger partial charge in [0.25, 0.3) is 0 Å². The summed E-state index contributed by atoms with van der Waals surface area (Å²) in [7, 11) is 3.26. The van der Waals surface area contributed by atoms with E-state index in [2.05, 4.69) is 18.7 Å². The van der Waals surface area contributed by atoms with E-state index >= 15 is 0 Å². The molecule has 1 aromatic heterocycles. The largest absolute Gasteiger partial charge is 0.497 e. The number of halogens is 1. The first kappa shape index (κ1) is 24.2. The summed E-state index contributed by atoms with van der Waals surface area (Å²) < 4.78 is 10.8. The van der Waals surface area contributed by atoms with Crippen LogP contribution in [-0.2, 0) is 4.79 Å². The van der Waals surface area contributed by atoms with Gasteiger partial charge in [0.2, 0.25) is 5.91 Å². The van der Waals surface area contributed by atoms with Crippen LogP contribution in [-0.4, -0.2) is 56.2 Å². The molecular formula is C20H30ClN3O3S. The summed E-state index contributed by atoms with van der Waals surface area (Å²) in [5, 5.41) is 2.66. The molecule has 1 aromatic carbocycles. The number of hydrogen-bond acceptors (Lipinski definition) is 6. The van der Waals surface area contributed by atoms with Crippen LogP contribution in [0.3, 0.4) is 0 Å². The molecule has 0 aliphatic carbocycles. The fourth-order valence-electron chi connectivity index (χ4n) is 2.91. The fraction of sp³-hybridized carbons (Fsp3) is 0.500. The normalized spacial score (nSPS) is 10.5. The molecule has 0 aliphatic heterocycles. The summed E-state index contributed by atoms with van der Waals surface area (Å²) in [6, 6.07) is 5.61. The van der Waals surface area contributed by atoms with Crippen LogP contribution in [0.5, 0.6) is 11.5 Å². The van der Waals surface area contributed by atoms with Crippen LogP contribution in [0.1, 0.15) is 27.2 Å². The zero-order chi connectivity index (χ0) is 19.8. The number of rotatable bonds is 10. The standard InChI is InChI=1S/C20H29N3O3S.ClH/c1-6-22(7-2)11-8-12-23(15(3)24)20-21-18(14-27-20)17-13-16(25-4)9-10-19(17)26-5;/h9-10,13-14H,6-8,11-12H2,1-5H3;1H. The zero-order valence-corrected chi connectivity index (χ0v) is 18.9. The zero-order valence-electron chi connectivity index (χ0n) is 17.2. The number of thiazole rings is 1. The Hall–Kier alpha value is -1.83. The molecule has 0 saturated heterocycles. The molecule has 8 heteroatoms. The van der Waals surface area contributed by atoms with Gasteiger partial charge in [-0.2, -0.15) is 0 Å². The second kappa shape index (κ2) is 11.9. The van der Waals surface area contributed by atoms with Crippen molar-refractivity contribution in [2.75, 3.05) is 45.3 Å². The molecule has 2 aromatic rings. The fourth-order valence-corrected chi connectivity index (χ4v) is 3.80. The van der Waals surface area contributed by atoms with E-state index in [4.69, 9.17) is 14.5 Å². The first-order valence-electron chi connectivity index (χ1n) is 9.22. The highest BCUT2D eigenvalue weighted by Gasteiger charge is 2.18. The number of amides is 1. The van der Waals surface area contributed by atoms with E-state index in [1.54, 1.807) is 26.0 Å². The number of carbonyl (C=O) groups excluding carboxylic acids is 1. The lowest BCUT2D eigenvalue weighted by molar-refractivity contribution is -0.116. The number of aromatic nitrogens is 1. The van der Waals surface area contributed by atoms with E-state index in [0.717, 1.165) is 48.8 Å². The highest BCUT2D eigenvalue weighted by atomic mass is 35.5. The molecule has 0 radical (unpaired) electrons. The van der Waals surface area contributed by atoms with E-state index in [1.807, 2.05) is 23.6 Å². The summed E-state index contributed by atoms with van der Waals surface area (Å²) >= 11 is 1.47. The molecular weight excluding hydrogens is 398 g/mol. The number of anilines is 1. The Morgan fingerprint density at radius 2 is 1.86 bits per heavy atom. The molecule has 0 atom stereocenters. The Kier molecular flexibility index (Phi) is 10.3. The smallest absolute Gasteiger partial charge is 0.225 e. The average molecular weight is 428 g/mol. The Morgan fingerprint density at radius 3 is 2.43 bits per heavy atom. The van der Waals surface area contributed by atoms with Crippen LogP contribution in [0.2, 0.25) is 0 Å². The monoisotopic (exact) mass is 427 g/mol. The van der Waals surface area contributed by atoms with Crippen molar-refractivity contribution in [1.29, 1.82) is 0 Å². The topological polar surface area (TPSA) is 54.9 Å². The molecule has 0 unspecified atom stereocenters. The Morgan fingerprint density at radius 1 is 1.14 bits per heavy atom. The third kappa shape index (κ3) is 6.09. The van der Waals surface area contributed by atoms with Gasteiger partial charge in [-0.25, -0.2) is 4.98 Å². The molecule has 0 fully saturated rings. The predicted molar refractivity (Wildman–Crippen MR) is 118 cm³/mol. The maximum Gasteiger partial charge on any atom is 0.225 e. The van der Waals surface area contributed by atoms with Crippen molar-refractivity contribution in [2.45, 2.75) is 27.2 Å². The van der Waals surface area contributed by atoms with Crippen LogP contribution in [0, 0.1) is 0 Å². The van der Waals surface area contributed by atoms with Crippen LogP contribution >= 0.6 is 23.7 Å². The number of carbonyl (C=O) groups is 1. The van der Waals surface area contributed by atoms with E-state index in [0.29, 0.717) is 11.7 Å². The van der Waals surface area contributed by atoms with Gasteiger partial charge in [-0.15, -0.1) is 23.7 Å². The third-order valence-electron chi connectivity index (χ3n) is 4.54. The first-order chi connectivity index (χ1) is 13.0. The van der Waals surface area contributed by atoms with E-state index in [9.17, 15) is 4.79 Å². The molecule has 0 spiro atoms. The number of nitrogens with zero attached hydrogens (tertiary/aromatic N) is 3. The lowest BCUT2D eigenvalue weighted by Gasteiger charge is -2.21. The number of methoxy groups -OCH3 is 2. The molecule has 1 amide bonds. The average Bonchev–Trinajstić information content (AvgIpc) is 3.16. The lowest BCUT2D eigenvalue weighted by Crippen LogP contribution is -2.32. The maximum atomic E-state index is 12.2. The Labute approximate surface area is 177 Å². The first-order valence-corrected chi connectivity index (χ1v) is 10.1. The Balaban J connectivity index is 0.00000392. The molecule has 0 N–H and O–H groups in total. The highest BCUT2D eigenvalue weighted by molar-refractivity contribution is 7.14. The predicted octanol–water partition coefficient (Wildman–Crippen LogP) is 4.33. The van der Waals surface area contributed by atoms with Crippen LogP contribution in [0.15, 0.2) is 23.6 Å². The van der Waals surface area contributed by atoms with Gasteiger partial charge in [0.05, 0.1) is 19.9 Å². The van der Waals surface area contributed by atoms with Crippen molar-refractivity contribution in [3.63, 3.8) is 0 Å². The second-order valence-electron chi connectivity index (χ2n) is 6.13. The molecule has 2 rings (SSSR count). The van der Waals surface area contributed by atoms with Crippen molar-refractivity contribution < 1.29 is 14.3 Å². The van der Waals surface area contributed by atoms with E-state index < -0.39 is 0 Å². The van der Waals surface area contributed by atoms with Crippen LogP contribution in [0.4, 0.5) is 5.13 Å². The molecule has 6 nitrogen and oxygen atoms in total. The molecule has 0 bridgehead atoms. The van der Waals surface area contributed by atoms with Crippen molar-refractivity contribution in [2.24, 2.45) is 0 Å². The van der Waals surface area contributed by atoms with Gasteiger partial charge in [0.1, 0.15) is 11.5 Å². The molecule has 156 valence electrons. The minimum absolute atomic E-state index is 0. The summed E-state index contributed by atoms with van der Waals surface area (Å²) in [4.78, 5) is 21.0. The number of ether oxygens (including phenoxy) is 2. The van der Waals surface area contributed by atoms with E-state index in [1.165, 1.54) is 11.3 Å². The summed E-state index contributed by atoms with van der Waals surface area (Å²) in [5.74, 6) is 1.47. The van der Waals surface area contributed by atoms with Gasteiger partial charge >= 0.3 is 0 Å². The molecule has 0 saturated carbocycles. The summed E-state index contributed by atoms with van der Waals surface area (Å²) in [6.45, 7) is 9.57. The van der Waals surface area contributed by atoms with Crippen LogP contribution < -0.4 is 14.4 Å². The lowest BCUT2D eigenvalue weighted by atomic mass is 10.1. The summed E-state index contributed by atoms with van der Waals surface area (Å²) in [6.07, 6.45) is 0.915. The van der Waals surface area contributed by atoms with Crippen molar-refractivity contribution in [1.82, 2.24) is 9.88 Å². The van der Waals surface area contributed by atoms with Gasteiger partial charge in [0, 0.05) is 24.4 Å². The van der Waals surface area contributed by atoms with Gasteiger partial charge in [0.15, 0.2) is 5.13 Å². The van der Waals surface area contributed by atoms with Gasteiger partial charge in [-0.1, -0.05) is 13.8 Å². The van der Waals surface area contributed by atoms with Crippen LogP contribution in [0.25, 0.3) is 11.3 Å². The minimum Gasteiger partial charge on any atom is -0.497 e. The molecule has 1 heterocycles. The minimum atomic E-state index is 0. The van der Waals surface area contributed by atoms with Gasteiger partial charge in [-0.3, -0.25) is 9.69 Å². The SMILES string of the molecule is CCN(CC)CCCN(C(C)=O)c1nc(-c2cc(OC)ccc2OC)cs1.Cl. The molecule has 28 heavy (non-hydrogen) atoms. The number of benzene rings is 1. The van der Waals surface area contributed by atoms with Crippen molar-refractivity contribution in [3.05, 3.63) is 23.6 Å². The highest BCUT2D eigenvalue weighted by Crippen LogP contribution is 2.36.